The Kier molecular flexibility index (Phi) is 6.36. The molecule has 3 aliphatic rings. The highest BCUT2D eigenvalue weighted by Crippen LogP contribution is 2.34. The highest BCUT2D eigenvalue weighted by molar-refractivity contribution is 5.88. The van der Waals surface area contributed by atoms with Crippen molar-refractivity contribution >= 4 is 11.8 Å². The predicted molar refractivity (Wildman–Crippen MR) is 97.7 cm³/mol. The SMILES string of the molecule is C#CCCN1CCN(C(=O)[C@H]2CCCC[C@H]2C(=O)N2CCCC2)CC1. The molecule has 0 bridgehead atoms. The first-order valence-electron chi connectivity index (χ1n) is 9.94. The van der Waals surface area contributed by atoms with Crippen LogP contribution in [-0.4, -0.2) is 72.3 Å². The average Bonchev–Trinajstić information content (AvgIpc) is 3.20. The molecule has 1 aliphatic carbocycles. The summed E-state index contributed by atoms with van der Waals surface area (Å²) in [5, 5.41) is 0. The standard InChI is InChI=1S/C20H31N3O2/c1-2-3-10-21-13-15-23(16-14-21)20(25)18-9-5-4-8-17(18)19(24)22-11-6-7-12-22/h1,17-18H,3-16H2/t17-,18+/m1/s1. The van der Waals surface area contributed by atoms with E-state index in [4.69, 9.17) is 6.42 Å². The van der Waals surface area contributed by atoms with Crippen molar-refractivity contribution in [1.82, 2.24) is 14.7 Å². The molecule has 2 aliphatic heterocycles. The van der Waals surface area contributed by atoms with E-state index in [0.717, 1.165) is 90.8 Å². The molecule has 0 N–H and O–H groups in total. The molecule has 2 atom stereocenters. The van der Waals surface area contributed by atoms with E-state index in [1.54, 1.807) is 0 Å². The summed E-state index contributed by atoms with van der Waals surface area (Å²) in [5.41, 5.74) is 0. The second-order valence-electron chi connectivity index (χ2n) is 7.65. The van der Waals surface area contributed by atoms with E-state index in [1.165, 1.54) is 0 Å². The van der Waals surface area contributed by atoms with Crippen LogP contribution in [0.5, 0.6) is 0 Å². The fourth-order valence-corrected chi connectivity index (χ4v) is 4.54. The maximum Gasteiger partial charge on any atom is 0.226 e. The van der Waals surface area contributed by atoms with Gasteiger partial charge in [-0.3, -0.25) is 14.5 Å². The molecule has 0 unspecified atom stereocenters. The van der Waals surface area contributed by atoms with Gasteiger partial charge in [-0.1, -0.05) is 12.8 Å². The molecule has 0 aromatic rings. The van der Waals surface area contributed by atoms with Gasteiger partial charge in [0.15, 0.2) is 0 Å². The summed E-state index contributed by atoms with van der Waals surface area (Å²) in [6.07, 6.45) is 12.2. The van der Waals surface area contributed by atoms with Crippen molar-refractivity contribution in [3.8, 4) is 12.3 Å². The Morgan fingerprint density at radius 3 is 1.84 bits per heavy atom. The number of carbonyl (C=O) groups excluding carboxylic acids is 2. The lowest BCUT2D eigenvalue weighted by Crippen LogP contribution is -2.53. The monoisotopic (exact) mass is 345 g/mol. The molecule has 1 saturated carbocycles. The smallest absolute Gasteiger partial charge is 0.226 e. The lowest BCUT2D eigenvalue weighted by atomic mass is 9.77. The first kappa shape index (κ1) is 18.3. The van der Waals surface area contributed by atoms with E-state index >= 15 is 0 Å². The Morgan fingerprint density at radius 2 is 1.32 bits per heavy atom. The van der Waals surface area contributed by atoms with Crippen LogP contribution in [0, 0.1) is 24.2 Å². The fourth-order valence-electron chi connectivity index (χ4n) is 4.54. The summed E-state index contributed by atoms with van der Waals surface area (Å²) in [6.45, 7) is 6.00. The molecule has 0 aromatic heterocycles. The minimum Gasteiger partial charge on any atom is -0.342 e. The lowest BCUT2D eigenvalue weighted by Gasteiger charge is -2.39. The summed E-state index contributed by atoms with van der Waals surface area (Å²) in [7, 11) is 0. The minimum absolute atomic E-state index is 0.0844. The Bertz CT molecular complexity index is 514. The Balaban J connectivity index is 1.57. The first-order valence-corrected chi connectivity index (χ1v) is 9.94. The highest BCUT2D eigenvalue weighted by Gasteiger charge is 2.40. The first-order chi connectivity index (χ1) is 12.2. The molecular weight excluding hydrogens is 314 g/mol. The highest BCUT2D eigenvalue weighted by atomic mass is 16.2. The second-order valence-corrected chi connectivity index (χ2v) is 7.65. The quantitative estimate of drug-likeness (QED) is 0.727. The minimum atomic E-state index is -0.0980. The number of likely N-dealkylation sites (tertiary alicyclic amines) is 1. The lowest BCUT2D eigenvalue weighted by molar-refractivity contribution is -0.148. The van der Waals surface area contributed by atoms with E-state index in [2.05, 4.69) is 10.8 Å². The van der Waals surface area contributed by atoms with Crippen LogP contribution in [-0.2, 0) is 9.59 Å². The van der Waals surface area contributed by atoms with Crippen LogP contribution in [0.15, 0.2) is 0 Å². The number of nitrogens with zero attached hydrogens (tertiary/aromatic N) is 3. The number of terminal acetylenes is 1. The van der Waals surface area contributed by atoms with Gasteiger partial charge in [0.05, 0.1) is 0 Å². The number of piperazine rings is 1. The molecule has 25 heavy (non-hydrogen) atoms. The molecular formula is C20H31N3O2. The Labute approximate surface area is 151 Å². The van der Waals surface area contributed by atoms with Crippen LogP contribution in [0.3, 0.4) is 0 Å². The van der Waals surface area contributed by atoms with Crippen molar-refractivity contribution in [3.63, 3.8) is 0 Å². The van der Waals surface area contributed by atoms with Crippen molar-refractivity contribution in [3.05, 3.63) is 0 Å². The molecule has 0 spiro atoms. The molecule has 138 valence electrons. The topological polar surface area (TPSA) is 43.9 Å². The van der Waals surface area contributed by atoms with Crippen molar-refractivity contribution in [2.45, 2.75) is 44.9 Å². The van der Waals surface area contributed by atoms with Gasteiger partial charge in [-0.2, -0.15) is 0 Å². The zero-order valence-corrected chi connectivity index (χ0v) is 15.3. The Morgan fingerprint density at radius 1 is 0.800 bits per heavy atom. The van der Waals surface area contributed by atoms with Crippen molar-refractivity contribution < 1.29 is 9.59 Å². The largest absolute Gasteiger partial charge is 0.342 e. The third-order valence-electron chi connectivity index (χ3n) is 6.07. The van der Waals surface area contributed by atoms with Gasteiger partial charge in [0.2, 0.25) is 11.8 Å². The van der Waals surface area contributed by atoms with Crippen LogP contribution in [0.2, 0.25) is 0 Å². The van der Waals surface area contributed by atoms with Gasteiger partial charge in [-0.25, -0.2) is 0 Å². The summed E-state index contributed by atoms with van der Waals surface area (Å²) in [6, 6.07) is 0. The molecule has 2 amide bonds. The molecule has 5 nitrogen and oxygen atoms in total. The van der Waals surface area contributed by atoms with E-state index < -0.39 is 0 Å². The predicted octanol–water partition coefficient (Wildman–Crippen LogP) is 1.58. The van der Waals surface area contributed by atoms with Gasteiger partial charge in [-0.05, 0) is 25.7 Å². The number of amides is 2. The maximum atomic E-state index is 13.1. The summed E-state index contributed by atoms with van der Waals surface area (Å²) >= 11 is 0. The van der Waals surface area contributed by atoms with E-state index in [1.807, 2.05) is 9.80 Å². The van der Waals surface area contributed by atoms with Gasteiger partial charge in [-0.15, -0.1) is 12.3 Å². The van der Waals surface area contributed by atoms with E-state index in [-0.39, 0.29) is 23.7 Å². The third kappa shape index (κ3) is 4.36. The number of carbonyl (C=O) groups is 2. The van der Waals surface area contributed by atoms with Gasteiger partial charge < -0.3 is 9.80 Å². The number of hydrogen-bond acceptors (Lipinski definition) is 3. The summed E-state index contributed by atoms with van der Waals surface area (Å²) in [5.74, 6) is 2.95. The van der Waals surface area contributed by atoms with Gasteiger partial charge >= 0.3 is 0 Å². The average molecular weight is 345 g/mol. The zero-order valence-electron chi connectivity index (χ0n) is 15.3. The van der Waals surface area contributed by atoms with E-state index in [0.29, 0.717) is 0 Å². The van der Waals surface area contributed by atoms with Crippen LogP contribution in [0.1, 0.15) is 44.9 Å². The summed E-state index contributed by atoms with van der Waals surface area (Å²) < 4.78 is 0. The Hall–Kier alpha value is -1.54. The van der Waals surface area contributed by atoms with Crippen molar-refractivity contribution in [2.24, 2.45) is 11.8 Å². The summed E-state index contributed by atoms with van der Waals surface area (Å²) in [4.78, 5) is 32.3. The molecule has 5 heteroatoms. The molecule has 0 aromatic carbocycles. The third-order valence-corrected chi connectivity index (χ3v) is 6.07. The molecule has 3 rings (SSSR count). The van der Waals surface area contributed by atoms with Crippen LogP contribution in [0.25, 0.3) is 0 Å². The zero-order chi connectivity index (χ0) is 17.6. The molecule has 3 fully saturated rings. The van der Waals surface area contributed by atoms with Crippen molar-refractivity contribution in [2.75, 3.05) is 45.8 Å². The van der Waals surface area contributed by atoms with Crippen LogP contribution in [0.4, 0.5) is 0 Å². The molecule has 2 heterocycles. The molecule has 0 radical (unpaired) electrons. The van der Waals surface area contributed by atoms with Gasteiger partial charge in [0, 0.05) is 64.1 Å². The number of hydrogen-bond donors (Lipinski definition) is 0. The maximum absolute atomic E-state index is 13.1. The fraction of sp³-hybridized carbons (Fsp3) is 0.800. The van der Waals surface area contributed by atoms with Crippen LogP contribution >= 0.6 is 0 Å². The van der Waals surface area contributed by atoms with Gasteiger partial charge in [0.25, 0.3) is 0 Å². The van der Waals surface area contributed by atoms with E-state index in [9.17, 15) is 9.59 Å². The number of rotatable bonds is 4. The molecule has 2 saturated heterocycles. The van der Waals surface area contributed by atoms with Gasteiger partial charge in [0.1, 0.15) is 0 Å². The second kappa shape index (κ2) is 8.71. The van der Waals surface area contributed by atoms with Crippen LogP contribution < -0.4 is 0 Å². The normalized spacial score (nSPS) is 28.0. The van der Waals surface area contributed by atoms with Crippen molar-refractivity contribution in [1.29, 1.82) is 0 Å².